The Labute approximate surface area is 83.4 Å². The topological polar surface area (TPSA) is 34.1 Å². The fraction of sp³-hybridized carbons (Fsp3) is 0. The Kier molecular flexibility index (Phi) is 1.88. The van der Waals surface area contributed by atoms with E-state index in [4.69, 9.17) is 0 Å². The van der Waals surface area contributed by atoms with Crippen molar-refractivity contribution in [1.29, 1.82) is 0 Å². The molecule has 64 valence electrons. The lowest BCUT2D eigenvalue weighted by Crippen LogP contribution is -2.11. The number of fused-ring (bicyclic) bond motifs is 1. The molecule has 0 N–H and O–H groups in total. The van der Waals surface area contributed by atoms with Crippen molar-refractivity contribution in [2.75, 3.05) is 0 Å². The Hall–Kier alpha value is -1.22. The lowest BCUT2D eigenvalue weighted by Gasteiger charge is -2.09. The lowest BCUT2D eigenvalue weighted by atomic mass is 9.95. The predicted molar refractivity (Wildman–Crippen MR) is 51.9 cm³/mol. The van der Waals surface area contributed by atoms with E-state index in [0.717, 1.165) is 0 Å². The van der Waals surface area contributed by atoms with Crippen LogP contribution in [0.1, 0.15) is 20.7 Å². The van der Waals surface area contributed by atoms with Gasteiger partial charge in [0.1, 0.15) is 0 Å². The highest BCUT2D eigenvalue weighted by atomic mass is 79.9. The third kappa shape index (κ3) is 1.25. The molecule has 1 aliphatic carbocycles. The lowest BCUT2D eigenvalue weighted by molar-refractivity contribution is 0.0993. The summed E-state index contributed by atoms with van der Waals surface area (Å²) in [4.78, 5) is 22.7. The Balaban J connectivity index is 2.76. The first-order chi connectivity index (χ1) is 6.20. The van der Waals surface area contributed by atoms with Gasteiger partial charge >= 0.3 is 0 Å². The Bertz CT molecular complexity index is 433. The number of ketones is 2. The molecule has 1 aromatic rings. The molecule has 1 aliphatic rings. The van der Waals surface area contributed by atoms with Crippen molar-refractivity contribution in [2.45, 2.75) is 0 Å². The fourth-order valence-corrected chi connectivity index (χ4v) is 1.87. The number of allylic oxidation sites excluding steroid dienone is 2. The zero-order valence-electron chi connectivity index (χ0n) is 6.58. The van der Waals surface area contributed by atoms with Gasteiger partial charge in [0.05, 0.1) is 0 Å². The molecule has 0 spiro atoms. The highest BCUT2D eigenvalue weighted by molar-refractivity contribution is 9.10. The van der Waals surface area contributed by atoms with Crippen LogP contribution >= 0.6 is 15.9 Å². The van der Waals surface area contributed by atoms with Crippen molar-refractivity contribution < 1.29 is 9.59 Å². The molecule has 0 saturated heterocycles. The SMILES string of the molecule is O=C1C=CC(=O)c2c(Br)cccc21. The number of benzene rings is 1. The second-order valence-corrected chi connectivity index (χ2v) is 3.58. The molecule has 2 rings (SSSR count). The van der Waals surface area contributed by atoms with Gasteiger partial charge in [0, 0.05) is 15.6 Å². The van der Waals surface area contributed by atoms with Crippen molar-refractivity contribution in [1.82, 2.24) is 0 Å². The highest BCUT2D eigenvalue weighted by Crippen LogP contribution is 2.24. The van der Waals surface area contributed by atoms with E-state index in [-0.39, 0.29) is 11.6 Å². The summed E-state index contributed by atoms with van der Waals surface area (Å²) in [7, 11) is 0. The van der Waals surface area contributed by atoms with Gasteiger partial charge in [0.15, 0.2) is 11.6 Å². The van der Waals surface area contributed by atoms with E-state index in [2.05, 4.69) is 15.9 Å². The summed E-state index contributed by atoms with van der Waals surface area (Å²) < 4.78 is 0.674. The maximum atomic E-state index is 11.4. The van der Waals surface area contributed by atoms with Crippen LogP contribution < -0.4 is 0 Å². The number of hydrogen-bond acceptors (Lipinski definition) is 2. The van der Waals surface area contributed by atoms with E-state index in [1.165, 1.54) is 12.2 Å². The van der Waals surface area contributed by atoms with Crippen LogP contribution in [-0.2, 0) is 0 Å². The van der Waals surface area contributed by atoms with Crippen LogP contribution in [-0.4, -0.2) is 11.6 Å². The van der Waals surface area contributed by atoms with Crippen molar-refractivity contribution in [3.05, 3.63) is 46.0 Å². The molecule has 3 heteroatoms. The van der Waals surface area contributed by atoms with Gasteiger partial charge in [-0.25, -0.2) is 0 Å². The third-order valence-corrected chi connectivity index (χ3v) is 2.57. The molecule has 0 unspecified atom stereocenters. The van der Waals surface area contributed by atoms with E-state index in [9.17, 15) is 9.59 Å². The van der Waals surface area contributed by atoms with Crippen molar-refractivity contribution in [3.8, 4) is 0 Å². The summed E-state index contributed by atoms with van der Waals surface area (Å²) in [6.07, 6.45) is 2.60. The Morgan fingerprint density at radius 2 is 1.69 bits per heavy atom. The normalized spacial score (nSPS) is 14.5. The van der Waals surface area contributed by atoms with Crippen LogP contribution in [0.2, 0.25) is 0 Å². The van der Waals surface area contributed by atoms with Gasteiger partial charge in [-0.15, -0.1) is 0 Å². The van der Waals surface area contributed by atoms with Gasteiger partial charge in [-0.1, -0.05) is 28.1 Å². The second kappa shape index (κ2) is 2.92. The second-order valence-electron chi connectivity index (χ2n) is 2.72. The average Bonchev–Trinajstić information content (AvgIpc) is 2.12. The molecule has 0 saturated carbocycles. The number of rotatable bonds is 0. The van der Waals surface area contributed by atoms with Crippen LogP contribution in [0.25, 0.3) is 0 Å². The summed E-state index contributed by atoms with van der Waals surface area (Å²) >= 11 is 3.24. The van der Waals surface area contributed by atoms with E-state index in [0.29, 0.717) is 15.6 Å². The standard InChI is InChI=1S/C10H5BrO2/c11-7-3-1-2-6-8(12)4-5-9(13)10(6)7/h1-5H. The molecule has 0 aromatic heterocycles. The number of halogens is 1. The molecule has 13 heavy (non-hydrogen) atoms. The Morgan fingerprint density at radius 1 is 1.00 bits per heavy atom. The number of carbonyl (C=O) groups excluding carboxylic acids is 2. The molecule has 2 nitrogen and oxygen atoms in total. The van der Waals surface area contributed by atoms with Crippen LogP contribution in [0.4, 0.5) is 0 Å². The van der Waals surface area contributed by atoms with E-state index < -0.39 is 0 Å². The summed E-state index contributed by atoms with van der Waals surface area (Å²) in [5.41, 5.74) is 0.942. The molecular weight excluding hydrogens is 232 g/mol. The van der Waals surface area contributed by atoms with Crippen molar-refractivity contribution in [3.63, 3.8) is 0 Å². The number of hydrogen-bond donors (Lipinski definition) is 0. The summed E-state index contributed by atoms with van der Waals surface area (Å²) in [6.45, 7) is 0. The quantitative estimate of drug-likeness (QED) is 0.694. The van der Waals surface area contributed by atoms with Crippen LogP contribution in [0, 0.1) is 0 Å². The van der Waals surface area contributed by atoms with Gasteiger partial charge < -0.3 is 0 Å². The summed E-state index contributed by atoms with van der Waals surface area (Å²) in [5, 5.41) is 0. The molecule has 0 aliphatic heterocycles. The predicted octanol–water partition coefficient (Wildman–Crippen LogP) is 2.38. The van der Waals surface area contributed by atoms with E-state index >= 15 is 0 Å². The maximum absolute atomic E-state index is 11.4. The summed E-state index contributed by atoms with van der Waals surface area (Å²) in [6, 6.07) is 5.15. The van der Waals surface area contributed by atoms with Gasteiger partial charge in [0.2, 0.25) is 0 Å². The maximum Gasteiger partial charge on any atom is 0.187 e. The molecule has 1 aromatic carbocycles. The van der Waals surface area contributed by atoms with Crippen molar-refractivity contribution >= 4 is 27.5 Å². The molecule has 0 amide bonds. The fourth-order valence-electron chi connectivity index (χ4n) is 1.30. The first kappa shape index (κ1) is 8.38. The van der Waals surface area contributed by atoms with Crippen LogP contribution in [0.3, 0.4) is 0 Å². The van der Waals surface area contributed by atoms with Gasteiger partial charge in [-0.05, 0) is 18.2 Å². The van der Waals surface area contributed by atoms with Gasteiger partial charge in [-0.3, -0.25) is 9.59 Å². The summed E-state index contributed by atoms with van der Waals surface area (Å²) in [5.74, 6) is -0.238. The largest absolute Gasteiger partial charge is 0.289 e. The molecule has 0 atom stereocenters. The molecule has 0 fully saturated rings. The monoisotopic (exact) mass is 236 g/mol. The van der Waals surface area contributed by atoms with Crippen LogP contribution in [0.5, 0.6) is 0 Å². The molecule has 0 bridgehead atoms. The van der Waals surface area contributed by atoms with E-state index in [1.54, 1.807) is 18.2 Å². The highest BCUT2D eigenvalue weighted by Gasteiger charge is 2.20. The Morgan fingerprint density at radius 3 is 2.38 bits per heavy atom. The van der Waals surface area contributed by atoms with Gasteiger partial charge in [-0.2, -0.15) is 0 Å². The smallest absolute Gasteiger partial charge is 0.187 e. The first-order valence-corrected chi connectivity index (χ1v) is 4.54. The first-order valence-electron chi connectivity index (χ1n) is 3.75. The van der Waals surface area contributed by atoms with Crippen LogP contribution in [0.15, 0.2) is 34.8 Å². The van der Waals surface area contributed by atoms with E-state index in [1.807, 2.05) is 0 Å². The average molecular weight is 237 g/mol. The molecule has 0 heterocycles. The minimum atomic E-state index is -0.123. The molecular formula is C10H5BrO2. The number of carbonyl (C=O) groups is 2. The zero-order chi connectivity index (χ0) is 9.42. The van der Waals surface area contributed by atoms with Crippen molar-refractivity contribution in [2.24, 2.45) is 0 Å². The van der Waals surface area contributed by atoms with Gasteiger partial charge in [0.25, 0.3) is 0 Å². The zero-order valence-corrected chi connectivity index (χ0v) is 8.17. The minimum Gasteiger partial charge on any atom is -0.289 e. The molecule has 0 radical (unpaired) electrons. The third-order valence-electron chi connectivity index (χ3n) is 1.91. The minimum absolute atomic E-state index is 0.115.